The first-order chi connectivity index (χ1) is 8.81. The van der Waals surface area contributed by atoms with Gasteiger partial charge in [0, 0.05) is 18.7 Å². The summed E-state index contributed by atoms with van der Waals surface area (Å²) >= 11 is 0. The molecule has 1 fully saturated rings. The maximum Gasteiger partial charge on any atom is 0.101 e. The second kappa shape index (κ2) is 4.28. The lowest BCUT2D eigenvalue weighted by Gasteiger charge is -2.05. The van der Waals surface area contributed by atoms with Crippen LogP contribution in [-0.4, -0.2) is 9.78 Å². The number of hydrogen-bond donors (Lipinski definition) is 1. The molecule has 0 spiro atoms. The SMILES string of the molecule is N#Cc1cc(CN)ccc1-n1ccc(C2CC2)n1. The minimum atomic E-state index is 0.446. The highest BCUT2D eigenvalue weighted by Crippen LogP contribution is 2.39. The van der Waals surface area contributed by atoms with Crippen molar-refractivity contribution < 1.29 is 0 Å². The molecule has 0 radical (unpaired) electrons. The Balaban J connectivity index is 2.01. The molecule has 0 saturated heterocycles. The summed E-state index contributed by atoms with van der Waals surface area (Å²) in [5, 5.41) is 13.7. The van der Waals surface area contributed by atoms with E-state index in [-0.39, 0.29) is 0 Å². The van der Waals surface area contributed by atoms with Gasteiger partial charge in [0.05, 0.1) is 16.9 Å². The van der Waals surface area contributed by atoms with Gasteiger partial charge in [0.25, 0.3) is 0 Å². The van der Waals surface area contributed by atoms with E-state index in [1.165, 1.54) is 12.8 Å². The zero-order valence-corrected chi connectivity index (χ0v) is 10.0. The number of hydrogen-bond acceptors (Lipinski definition) is 3. The monoisotopic (exact) mass is 238 g/mol. The lowest BCUT2D eigenvalue weighted by Crippen LogP contribution is -2.02. The van der Waals surface area contributed by atoms with Gasteiger partial charge in [0.15, 0.2) is 0 Å². The van der Waals surface area contributed by atoms with E-state index in [1.54, 1.807) is 4.68 Å². The van der Waals surface area contributed by atoms with E-state index in [4.69, 9.17) is 5.73 Å². The van der Waals surface area contributed by atoms with Crippen LogP contribution >= 0.6 is 0 Å². The molecule has 0 bridgehead atoms. The van der Waals surface area contributed by atoms with E-state index in [1.807, 2.05) is 30.5 Å². The largest absolute Gasteiger partial charge is 0.326 e. The summed E-state index contributed by atoms with van der Waals surface area (Å²) in [6.45, 7) is 0.446. The van der Waals surface area contributed by atoms with E-state index < -0.39 is 0 Å². The topological polar surface area (TPSA) is 67.6 Å². The van der Waals surface area contributed by atoms with Crippen LogP contribution in [-0.2, 0) is 6.54 Å². The lowest BCUT2D eigenvalue weighted by atomic mass is 10.1. The lowest BCUT2D eigenvalue weighted by molar-refractivity contribution is 0.834. The summed E-state index contributed by atoms with van der Waals surface area (Å²) in [4.78, 5) is 0. The van der Waals surface area contributed by atoms with Crippen molar-refractivity contribution >= 4 is 0 Å². The highest BCUT2D eigenvalue weighted by molar-refractivity contribution is 5.50. The normalized spacial score (nSPS) is 14.4. The van der Waals surface area contributed by atoms with E-state index in [0.29, 0.717) is 18.0 Å². The average Bonchev–Trinajstić information content (AvgIpc) is 3.16. The maximum atomic E-state index is 9.20. The van der Waals surface area contributed by atoms with Crippen LogP contribution in [0.25, 0.3) is 5.69 Å². The summed E-state index contributed by atoms with van der Waals surface area (Å²) < 4.78 is 1.78. The second-order valence-corrected chi connectivity index (χ2v) is 4.63. The van der Waals surface area contributed by atoms with Crippen LogP contribution in [0.2, 0.25) is 0 Å². The van der Waals surface area contributed by atoms with Crippen LogP contribution in [0.4, 0.5) is 0 Å². The summed E-state index contributed by atoms with van der Waals surface area (Å²) in [6.07, 6.45) is 4.38. The third kappa shape index (κ3) is 1.89. The van der Waals surface area contributed by atoms with Gasteiger partial charge >= 0.3 is 0 Å². The van der Waals surface area contributed by atoms with Crippen LogP contribution in [0.1, 0.15) is 35.6 Å². The molecular formula is C14H14N4. The fourth-order valence-corrected chi connectivity index (χ4v) is 2.07. The molecule has 18 heavy (non-hydrogen) atoms. The molecule has 2 N–H and O–H groups in total. The van der Waals surface area contributed by atoms with Gasteiger partial charge < -0.3 is 5.73 Å². The highest BCUT2D eigenvalue weighted by atomic mass is 15.3. The highest BCUT2D eigenvalue weighted by Gasteiger charge is 2.26. The van der Waals surface area contributed by atoms with Gasteiger partial charge in [-0.3, -0.25) is 0 Å². The molecule has 0 unspecified atom stereocenters. The molecule has 4 nitrogen and oxygen atoms in total. The third-order valence-electron chi connectivity index (χ3n) is 3.27. The second-order valence-electron chi connectivity index (χ2n) is 4.63. The van der Waals surface area contributed by atoms with Gasteiger partial charge in [0.2, 0.25) is 0 Å². The molecule has 1 saturated carbocycles. The average molecular weight is 238 g/mol. The first-order valence-electron chi connectivity index (χ1n) is 6.11. The number of rotatable bonds is 3. The number of nitriles is 1. The number of aromatic nitrogens is 2. The van der Waals surface area contributed by atoms with E-state index in [0.717, 1.165) is 16.9 Å². The maximum absolute atomic E-state index is 9.20. The Morgan fingerprint density at radius 1 is 1.39 bits per heavy atom. The standard InChI is InChI=1S/C14H14N4/c15-8-10-1-4-14(12(7-10)9-16)18-6-5-13(17-18)11-2-3-11/h1,4-7,11H,2-3,8,15H2. The predicted molar refractivity (Wildman–Crippen MR) is 68.1 cm³/mol. The van der Waals surface area contributed by atoms with Gasteiger partial charge in [-0.2, -0.15) is 10.4 Å². The van der Waals surface area contributed by atoms with Crippen molar-refractivity contribution in [1.29, 1.82) is 5.26 Å². The number of nitrogens with two attached hydrogens (primary N) is 1. The van der Waals surface area contributed by atoms with Gasteiger partial charge in [0.1, 0.15) is 6.07 Å². The van der Waals surface area contributed by atoms with Crippen molar-refractivity contribution in [2.24, 2.45) is 5.73 Å². The summed E-state index contributed by atoms with van der Waals surface area (Å²) in [6, 6.07) is 9.92. The van der Waals surface area contributed by atoms with Crippen molar-refractivity contribution in [2.75, 3.05) is 0 Å². The van der Waals surface area contributed by atoms with Crippen molar-refractivity contribution in [3.63, 3.8) is 0 Å². The molecule has 2 aromatic rings. The van der Waals surface area contributed by atoms with E-state index in [2.05, 4.69) is 11.2 Å². The molecule has 0 amide bonds. The molecule has 4 heteroatoms. The van der Waals surface area contributed by atoms with E-state index >= 15 is 0 Å². The first-order valence-corrected chi connectivity index (χ1v) is 6.11. The van der Waals surface area contributed by atoms with Crippen molar-refractivity contribution in [1.82, 2.24) is 9.78 Å². The Morgan fingerprint density at radius 2 is 2.22 bits per heavy atom. The van der Waals surface area contributed by atoms with Crippen LogP contribution in [0.3, 0.4) is 0 Å². The molecule has 1 aromatic heterocycles. The Bertz CT molecular complexity index is 617. The minimum absolute atomic E-state index is 0.446. The summed E-state index contributed by atoms with van der Waals surface area (Å²) in [5.74, 6) is 0.625. The van der Waals surface area contributed by atoms with Gasteiger partial charge in [-0.1, -0.05) is 6.07 Å². The molecule has 3 rings (SSSR count). The zero-order chi connectivity index (χ0) is 12.5. The smallest absolute Gasteiger partial charge is 0.101 e. The van der Waals surface area contributed by atoms with Crippen LogP contribution < -0.4 is 5.73 Å². The molecule has 1 aliphatic carbocycles. The fraction of sp³-hybridized carbons (Fsp3) is 0.286. The molecule has 0 atom stereocenters. The number of benzene rings is 1. The quantitative estimate of drug-likeness (QED) is 0.890. The van der Waals surface area contributed by atoms with Crippen LogP contribution in [0, 0.1) is 11.3 Å². The van der Waals surface area contributed by atoms with Gasteiger partial charge in [-0.15, -0.1) is 0 Å². The Hall–Kier alpha value is -2.12. The van der Waals surface area contributed by atoms with Crippen molar-refractivity contribution in [3.05, 3.63) is 47.3 Å². The Labute approximate surface area is 106 Å². The van der Waals surface area contributed by atoms with Crippen LogP contribution in [0.5, 0.6) is 0 Å². The molecule has 1 heterocycles. The van der Waals surface area contributed by atoms with Crippen LogP contribution in [0.15, 0.2) is 30.5 Å². The Morgan fingerprint density at radius 3 is 2.89 bits per heavy atom. The number of nitrogens with zero attached hydrogens (tertiary/aromatic N) is 3. The molecular weight excluding hydrogens is 224 g/mol. The minimum Gasteiger partial charge on any atom is -0.326 e. The first kappa shape index (κ1) is 11.0. The Kier molecular flexibility index (Phi) is 2.62. The van der Waals surface area contributed by atoms with E-state index in [9.17, 15) is 5.26 Å². The van der Waals surface area contributed by atoms with Crippen molar-refractivity contribution in [3.8, 4) is 11.8 Å². The third-order valence-corrected chi connectivity index (χ3v) is 3.27. The predicted octanol–water partition coefficient (Wildman–Crippen LogP) is 2.08. The summed E-state index contributed by atoms with van der Waals surface area (Å²) in [5.41, 5.74) is 9.11. The van der Waals surface area contributed by atoms with Gasteiger partial charge in [-0.25, -0.2) is 4.68 Å². The molecule has 1 aliphatic rings. The summed E-state index contributed by atoms with van der Waals surface area (Å²) in [7, 11) is 0. The fourth-order valence-electron chi connectivity index (χ4n) is 2.07. The molecule has 1 aromatic carbocycles. The van der Waals surface area contributed by atoms with Gasteiger partial charge in [-0.05, 0) is 36.6 Å². The molecule has 0 aliphatic heterocycles. The zero-order valence-electron chi connectivity index (χ0n) is 10.0. The molecule has 90 valence electrons. The van der Waals surface area contributed by atoms with Crippen molar-refractivity contribution in [2.45, 2.75) is 25.3 Å².